The van der Waals surface area contributed by atoms with Crippen LogP contribution < -0.4 is 10.5 Å². The van der Waals surface area contributed by atoms with Crippen LogP contribution in [0, 0.1) is 13.8 Å². The highest BCUT2D eigenvalue weighted by Crippen LogP contribution is 2.27. The van der Waals surface area contributed by atoms with Crippen LogP contribution in [0.1, 0.15) is 16.7 Å². The van der Waals surface area contributed by atoms with Crippen molar-refractivity contribution in [2.24, 2.45) is 5.73 Å². The number of ether oxygens (including phenoxy) is 1. The molecule has 0 saturated carbocycles. The monoisotopic (exact) mass is 258 g/mol. The summed E-state index contributed by atoms with van der Waals surface area (Å²) in [7, 11) is 0. The van der Waals surface area contributed by atoms with Crippen LogP contribution in [0.15, 0.2) is 36.7 Å². The van der Waals surface area contributed by atoms with E-state index in [1.165, 1.54) is 0 Å². The van der Waals surface area contributed by atoms with Crippen molar-refractivity contribution in [3.63, 3.8) is 0 Å². The molecule has 0 amide bonds. The Balaban J connectivity index is 2.40. The van der Waals surface area contributed by atoms with Gasteiger partial charge in [-0.05, 0) is 37.1 Å². The van der Waals surface area contributed by atoms with Crippen molar-refractivity contribution in [3.8, 4) is 11.5 Å². The summed E-state index contributed by atoms with van der Waals surface area (Å²) >= 11 is 4.99. The van der Waals surface area contributed by atoms with Crippen molar-refractivity contribution >= 4 is 17.2 Å². The van der Waals surface area contributed by atoms with Crippen LogP contribution in [0.4, 0.5) is 0 Å². The summed E-state index contributed by atoms with van der Waals surface area (Å²) < 4.78 is 5.85. The third kappa shape index (κ3) is 2.65. The molecule has 0 bridgehead atoms. The Labute approximate surface area is 112 Å². The molecular weight excluding hydrogens is 244 g/mol. The zero-order valence-electron chi connectivity index (χ0n) is 10.3. The number of hydrogen-bond donors (Lipinski definition) is 1. The molecule has 4 heteroatoms. The van der Waals surface area contributed by atoms with Crippen molar-refractivity contribution in [1.29, 1.82) is 0 Å². The maximum absolute atomic E-state index is 5.85. The number of aryl methyl sites for hydroxylation is 2. The predicted molar refractivity (Wildman–Crippen MR) is 76.1 cm³/mol. The highest BCUT2D eigenvalue weighted by molar-refractivity contribution is 7.80. The van der Waals surface area contributed by atoms with Gasteiger partial charge in [0.05, 0.1) is 11.8 Å². The fraction of sp³-hybridized carbons (Fsp3) is 0.143. The number of nitrogens with zero attached hydrogens (tertiary/aromatic N) is 1. The largest absolute Gasteiger partial charge is 0.455 e. The van der Waals surface area contributed by atoms with Crippen molar-refractivity contribution in [2.75, 3.05) is 0 Å². The Kier molecular flexibility index (Phi) is 3.58. The lowest BCUT2D eigenvalue weighted by Gasteiger charge is -2.12. The number of nitrogens with two attached hydrogens (primary N) is 1. The third-order valence-corrected chi connectivity index (χ3v) is 2.83. The lowest BCUT2D eigenvalue weighted by molar-refractivity contribution is 0.475. The normalized spacial score (nSPS) is 10.1. The molecule has 2 aromatic rings. The lowest BCUT2D eigenvalue weighted by atomic mass is 10.1. The van der Waals surface area contributed by atoms with Crippen molar-refractivity contribution in [1.82, 2.24) is 4.98 Å². The van der Waals surface area contributed by atoms with Crippen molar-refractivity contribution < 1.29 is 4.74 Å². The Hall–Kier alpha value is -1.94. The van der Waals surface area contributed by atoms with Crippen molar-refractivity contribution in [3.05, 3.63) is 53.3 Å². The Morgan fingerprint density at radius 1 is 1.22 bits per heavy atom. The second-order valence-corrected chi connectivity index (χ2v) is 4.55. The van der Waals surface area contributed by atoms with Crippen LogP contribution in [0.2, 0.25) is 0 Å². The fourth-order valence-electron chi connectivity index (χ4n) is 1.60. The number of hydrogen-bond acceptors (Lipinski definition) is 3. The minimum atomic E-state index is 0.303. The molecule has 0 spiro atoms. The summed E-state index contributed by atoms with van der Waals surface area (Å²) in [4.78, 5) is 4.34. The van der Waals surface area contributed by atoms with E-state index < -0.39 is 0 Å². The van der Waals surface area contributed by atoms with Gasteiger partial charge in [-0.2, -0.15) is 0 Å². The number of rotatable bonds is 3. The SMILES string of the molecule is Cc1ccc(C)c(Oc2cnccc2C(N)=S)c1. The molecule has 92 valence electrons. The van der Waals surface area contributed by atoms with E-state index in [4.69, 9.17) is 22.7 Å². The first-order valence-electron chi connectivity index (χ1n) is 5.57. The van der Waals surface area contributed by atoms with Crippen LogP contribution in [0.25, 0.3) is 0 Å². The standard InChI is InChI=1S/C14H14N2OS/c1-9-3-4-10(2)12(7-9)17-13-8-16-6-5-11(13)14(15)18/h3-8H,1-2H3,(H2,15,18). The number of benzene rings is 1. The van der Waals surface area contributed by atoms with Gasteiger partial charge in [-0.1, -0.05) is 24.4 Å². The van der Waals surface area contributed by atoms with Gasteiger partial charge in [-0.3, -0.25) is 4.98 Å². The van der Waals surface area contributed by atoms with Gasteiger partial charge in [-0.25, -0.2) is 0 Å². The number of aromatic nitrogens is 1. The van der Waals surface area contributed by atoms with E-state index in [2.05, 4.69) is 4.98 Å². The van der Waals surface area contributed by atoms with E-state index in [1.807, 2.05) is 32.0 Å². The summed E-state index contributed by atoms with van der Waals surface area (Å²) in [5, 5.41) is 0. The molecule has 0 saturated heterocycles. The fourth-order valence-corrected chi connectivity index (χ4v) is 1.77. The molecule has 0 aliphatic rings. The third-order valence-electron chi connectivity index (χ3n) is 2.61. The second-order valence-electron chi connectivity index (χ2n) is 4.11. The number of pyridine rings is 1. The Morgan fingerprint density at radius 3 is 2.72 bits per heavy atom. The average molecular weight is 258 g/mol. The molecule has 0 aliphatic heterocycles. The molecule has 0 radical (unpaired) electrons. The number of thiocarbonyl (C=S) groups is 1. The van der Waals surface area contributed by atoms with Crippen LogP contribution in [-0.2, 0) is 0 Å². The Bertz CT molecular complexity index is 596. The quantitative estimate of drug-likeness (QED) is 0.859. The molecule has 2 N–H and O–H groups in total. The zero-order valence-corrected chi connectivity index (χ0v) is 11.1. The van der Waals surface area contributed by atoms with Crippen LogP contribution in [-0.4, -0.2) is 9.97 Å². The molecular formula is C14H14N2OS. The van der Waals surface area contributed by atoms with E-state index in [9.17, 15) is 0 Å². The molecule has 0 aliphatic carbocycles. The first-order chi connectivity index (χ1) is 8.58. The summed E-state index contributed by atoms with van der Waals surface area (Å²) in [6.45, 7) is 4.01. The average Bonchev–Trinajstić information content (AvgIpc) is 2.34. The molecule has 1 heterocycles. The molecule has 18 heavy (non-hydrogen) atoms. The minimum Gasteiger partial charge on any atom is -0.455 e. The maximum Gasteiger partial charge on any atom is 0.155 e. The first kappa shape index (κ1) is 12.5. The summed E-state index contributed by atoms with van der Waals surface area (Å²) in [5.74, 6) is 1.37. The molecule has 2 rings (SSSR count). The minimum absolute atomic E-state index is 0.303. The smallest absolute Gasteiger partial charge is 0.155 e. The van der Waals surface area contributed by atoms with E-state index in [0.29, 0.717) is 16.3 Å². The molecule has 0 unspecified atom stereocenters. The van der Waals surface area contributed by atoms with E-state index in [1.54, 1.807) is 18.5 Å². The van der Waals surface area contributed by atoms with E-state index in [-0.39, 0.29) is 0 Å². The Morgan fingerprint density at radius 2 is 2.00 bits per heavy atom. The molecule has 3 nitrogen and oxygen atoms in total. The lowest BCUT2D eigenvalue weighted by Crippen LogP contribution is -2.11. The maximum atomic E-state index is 5.85. The molecule has 0 fully saturated rings. The molecule has 1 aromatic heterocycles. The van der Waals surface area contributed by atoms with E-state index >= 15 is 0 Å². The van der Waals surface area contributed by atoms with Gasteiger partial charge in [0, 0.05) is 6.20 Å². The zero-order chi connectivity index (χ0) is 13.1. The van der Waals surface area contributed by atoms with Gasteiger partial charge in [0.15, 0.2) is 5.75 Å². The van der Waals surface area contributed by atoms with Gasteiger partial charge < -0.3 is 10.5 Å². The summed E-state index contributed by atoms with van der Waals surface area (Å²) in [6, 6.07) is 7.79. The van der Waals surface area contributed by atoms with Gasteiger partial charge in [-0.15, -0.1) is 0 Å². The van der Waals surface area contributed by atoms with E-state index in [0.717, 1.165) is 16.9 Å². The topological polar surface area (TPSA) is 48.1 Å². The van der Waals surface area contributed by atoms with Crippen LogP contribution >= 0.6 is 12.2 Å². The highest BCUT2D eigenvalue weighted by Gasteiger charge is 2.09. The second kappa shape index (κ2) is 5.14. The summed E-state index contributed by atoms with van der Waals surface area (Å²) in [6.07, 6.45) is 3.26. The highest BCUT2D eigenvalue weighted by atomic mass is 32.1. The predicted octanol–water partition coefficient (Wildman–Crippen LogP) is 3.12. The molecule has 1 aromatic carbocycles. The van der Waals surface area contributed by atoms with Gasteiger partial charge in [0.1, 0.15) is 10.7 Å². The van der Waals surface area contributed by atoms with Gasteiger partial charge >= 0.3 is 0 Å². The first-order valence-corrected chi connectivity index (χ1v) is 5.97. The van der Waals surface area contributed by atoms with Crippen molar-refractivity contribution in [2.45, 2.75) is 13.8 Å². The molecule has 0 atom stereocenters. The van der Waals surface area contributed by atoms with Gasteiger partial charge in [0.2, 0.25) is 0 Å². The van der Waals surface area contributed by atoms with Gasteiger partial charge in [0.25, 0.3) is 0 Å². The van der Waals surface area contributed by atoms with Crippen LogP contribution in [0.5, 0.6) is 11.5 Å². The van der Waals surface area contributed by atoms with Crippen LogP contribution in [0.3, 0.4) is 0 Å². The summed E-state index contributed by atoms with van der Waals surface area (Å²) in [5.41, 5.74) is 8.54.